The number of nitrogens with zero attached hydrogens (tertiary/aromatic N) is 2. The van der Waals surface area contributed by atoms with Crippen LogP contribution in [0.1, 0.15) is 16.9 Å². The molecule has 0 saturated carbocycles. The number of amides is 1. The van der Waals surface area contributed by atoms with E-state index in [1.807, 2.05) is 55.4 Å². The summed E-state index contributed by atoms with van der Waals surface area (Å²) in [5.41, 5.74) is 3.72. The first kappa shape index (κ1) is 20.1. The summed E-state index contributed by atoms with van der Waals surface area (Å²) in [7, 11) is 4.01. The zero-order chi connectivity index (χ0) is 21.1. The van der Waals surface area contributed by atoms with Crippen LogP contribution < -0.4 is 4.90 Å². The van der Waals surface area contributed by atoms with Crippen molar-refractivity contribution in [3.63, 3.8) is 0 Å². The molecule has 154 valence electrons. The normalized spacial score (nSPS) is 11.0. The molecule has 0 aliphatic rings. The van der Waals surface area contributed by atoms with Crippen LogP contribution >= 0.6 is 11.6 Å². The SMILES string of the molecule is CN(C)c1ccc(CN(Cc2ccco2)C(=O)Cc2coc3ccc(Cl)cc23)cc1. The van der Waals surface area contributed by atoms with Crippen molar-refractivity contribution in [1.82, 2.24) is 4.90 Å². The molecule has 2 aromatic heterocycles. The highest BCUT2D eigenvalue weighted by molar-refractivity contribution is 6.31. The lowest BCUT2D eigenvalue weighted by atomic mass is 10.1. The average molecular weight is 423 g/mol. The summed E-state index contributed by atoms with van der Waals surface area (Å²) in [6.07, 6.45) is 3.48. The highest BCUT2D eigenvalue weighted by Gasteiger charge is 2.19. The minimum absolute atomic E-state index is 0.00855. The van der Waals surface area contributed by atoms with Crippen molar-refractivity contribution in [2.24, 2.45) is 0 Å². The lowest BCUT2D eigenvalue weighted by Crippen LogP contribution is -2.31. The second kappa shape index (κ2) is 8.67. The minimum atomic E-state index is -0.00855. The summed E-state index contributed by atoms with van der Waals surface area (Å²) >= 11 is 6.13. The Hall–Kier alpha value is -3.18. The van der Waals surface area contributed by atoms with Gasteiger partial charge in [0.15, 0.2) is 0 Å². The first-order valence-electron chi connectivity index (χ1n) is 9.71. The number of halogens is 1. The van der Waals surface area contributed by atoms with Gasteiger partial charge in [0.05, 0.1) is 25.5 Å². The summed E-state index contributed by atoms with van der Waals surface area (Å²) in [5.74, 6) is 0.735. The Kier molecular flexibility index (Phi) is 5.81. The molecule has 0 bridgehead atoms. The van der Waals surface area contributed by atoms with E-state index < -0.39 is 0 Å². The van der Waals surface area contributed by atoms with Crippen LogP contribution in [0.2, 0.25) is 5.02 Å². The number of fused-ring (bicyclic) bond motifs is 1. The lowest BCUT2D eigenvalue weighted by Gasteiger charge is -2.22. The van der Waals surface area contributed by atoms with Gasteiger partial charge in [-0.1, -0.05) is 23.7 Å². The summed E-state index contributed by atoms with van der Waals surface area (Å²) in [4.78, 5) is 17.1. The van der Waals surface area contributed by atoms with Crippen molar-refractivity contribution in [3.8, 4) is 0 Å². The van der Waals surface area contributed by atoms with Crippen molar-refractivity contribution in [2.75, 3.05) is 19.0 Å². The van der Waals surface area contributed by atoms with Crippen molar-refractivity contribution in [1.29, 1.82) is 0 Å². The number of furan rings is 2. The minimum Gasteiger partial charge on any atom is -0.467 e. The quantitative estimate of drug-likeness (QED) is 0.393. The second-order valence-corrected chi connectivity index (χ2v) is 7.90. The average Bonchev–Trinajstić information content (AvgIpc) is 3.38. The van der Waals surface area contributed by atoms with Crippen LogP contribution in [0.4, 0.5) is 5.69 Å². The smallest absolute Gasteiger partial charge is 0.227 e. The van der Waals surface area contributed by atoms with Crippen molar-refractivity contribution in [3.05, 3.63) is 89.0 Å². The third-order valence-electron chi connectivity index (χ3n) is 5.06. The van der Waals surface area contributed by atoms with Gasteiger partial charge in [-0.15, -0.1) is 0 Å². The van der Waals surface area contributed by atoms with Crippen LogP contribution in [0.25, 0.3) is 11.0 Å². The van der Waals surface area contributed by atoms with Crippen LogP contribution in [0.15, 0.2) is 76.0 Å². The maximum absolute atomic E-state index is 13.2. The Balaban J connectivity index is 1.56. The standard InChI is InChI=1S/C24H23ClN2O3/c1-26(2)20-8-5-17(6-9-20)14-27(15-21-4-3-11-29-21)24(28)12-18-16-30-23-10-7-19(25)13-22(18)23/h3-11,13,16H,12,14-15H2,1-2H3. The monoisotopic (exact) mass is 422 g/mol. The molecule has 30 heavy (non-hydrogen) atoms. The fourth-order valence-corrected chi connectivity index (χ4v) is 3.58. The van der Waals surface area contributed by atoms with Crippen molar-refractivity contribution >= 4 is 34.2 Å². The molecule has 0 N–H and O–H groups in total. The Labute approximate surface area is 180 Å². The molecule has 4 rings (SSSR count). The third-order valence-corrected chi connectivity index (χ3v) is 5.30. The van der Waals surface area contributed by atoms with Crippen LogP contribution in [-0.4, -0.2) is 24.9 Å². The molecule has 0 radical (unpaired) electrons. The van der Waals surface area contributed by atoms with E-state index in [9.17, 15) is 4.79 Å². The summed E-state index contributed by atoms with van der Waals surface area (Å²) in [6, 6.07) is 17.3. The fraction of sp³-hybridized carbons (Fsp3) is 0.208. The predicted octanol–water partition coefficient (Wildman–Crippen LogP) is 5.52. The lowest BCUT2D eigenvalue weighted by molar-refractivity contribution is -0.132. The summed E-state index contributed by atoms with van der Waals surface area (Å²) in [6.45, 7) is 0.890. The molecule has 6 heteroatoms. The number of anilines is 1. The van der Waals surface area contributed by atoms with Gasteiger partial charge >= 0.3 is 0 Å². The van der Waals surface area contributed by atoms with Gasteiger partial charge in [-0.3, -0.25) is 4.79 Å². The maximum atomic E-state index is 13.2. The van der Waals surface area contributed by atoms with Crippen LogP contribution in [0.3, 0.4) is 0 Å². The van der Waals surface area contributed by atoms with E-state index >= 15 is 0 Å². The van der Waals surface area contributed by atoms with Crippen LogP contribution in [0, 0.1) is 0 Å². The first-order valence-corrected chi connectivity index (χ1v) is 10.1. The van der Waals surface area contributed by atoms with Crippen LogP contribution in [0.5, 0.6) is 0 Å². The Bertz CT molecular complexity index is 1130. The van der Waals surface area contributed by atoms with E-state index in [1.54, 1.807) is 23.5 Å². The summed E-state index contributed by atoms with van der Waals surface area (Å²) < 4.78 is 11.1. The van der Waals surface area contributed by atoms with Gasteiger partial charge in [-0.2, -0.15) is 0 Å². The summed E-state index contributed by atoms with van der Waals surface area (Å²) in [5, 5.41) is 1.48. The largest absolute Gasteiger partial charge is 0.467 e. The van der Waals surface area contributed by atoms with E-state index in [2.05, 4.69) is 12.1 Å². The van der Waals surface area contributed by atoms with E-state index in [1.165, 1.54) is 0 Å². The molecule has 0 unspecified atom stereocenters. The molecule has 0 aliphatic heterocycles. The number of carbonyl (C=O) groups is 1. The number of hydrogen-bond donors (Lipinski definition) is 0. The Morgan fingerprint density at radius 1 is 1.00 bits per heavy atom. The second-order valence-electron chi connectivity index (χ2n) is 7.47. The Morgan fingerprint density at radius 3 is 2.50 bits per heavy atom. The molecule has 4 aromatic rings. The highest BCUT2D eigenvalue weighted by Crippen LogP contribution is 2.26. The topological polar surface area (TPSA) is 49.8 Å². The molecular formula is C24H23ClN2O3. The predicted molar refractivity (Wildman–Crippen MR) is 119 cm³/mol. The molecule has 0 saturated heterocycles. The molecule has 0 atom stereocenters. The molecule has 0 aliphatic carbocycles. The van der Waals surface area contributed by atoms with E-state index in [0.717, 1.165) is 33.5 Å². The third kappa shape index (κ3) is 4.52. The van der Waals surface area contributed by atoms with Gasteiger partial charge in [-0.05, 0) is 48.0 Å². The molecule has 1 amide bonds. The zero-order valence-corrected chi connectivity index (χ0v) is 17.7. The van der Waals surface area contributed by atoms with Gasteiger partial charge in [0, 0.05) is 42.3 Å². The maximum Gasteiger partial charge on any atom is 0.227 e. The van der Waals surface area contributed by atoms with Crippen molar-refractivity contribution in [2.45, 2.75) is 19.5 Å². The molecule has 5 nitrogen and oxygen atoms in total. The van der Waals surface area contributed by atoms with Gasteiger partial charge in [0.25, 0.3) is 0 Å². The van der Waals surface area contributed by atoms with Crippen LogP contribution in [-0.2, 0) is 24.3 Å². The van der Waals surface area contributed by atoms with Crippen molar-refractivity contribution < 1.29 is 13.6 Å². The van der Waals surface area contributed by atoms with E-state index in [4.69, 9.17) is 20.4 Å². The fourth-order valence-electron chi connectivity index (χ4n) is 3.41. The van der Waals surface area contributed by atoms with Gasteiger partial charge in [0.1, 0.15) is 11.3 Å². The number of hydrogen-bond acceptors (Lipinski definition) is 4. The van der Waals surface area contributed by atoms with Gasteiger partial charge in [0.2, 0.25) is 5.91 Å². The molecular weight excluding hydrogens is 400 g/mol. The first-order chi connectivity index (χ1) is 14.5. The van der Waals surface area contributed by atoms with Gasteiger partial charge < -0.3 is 18.6 Å². The van der Waals surface area contributed by atoms with E-state index in [0.29, 0.717) is 18.1 Å². The number of benzene rings is 2. The highest BCUT2D eigenvalue weighted by atomic mass is 35.5. The Morgan fingerprint density at radius 2 is 1.80 bits per heavy atom. The zero-order valence-electron chi connectivity index (χ0n) is 17.0. The molecule has 0 spiro atoms. The molecule has 2 heterocycles. The molecule has 2 aromatic carbocycles. The number of rotatable bonds is 7. The number of carbonyl (C=O) groups excluding carboxylic acids is 1. The van der Waals surface area contributed by atoms with Gasteiger partial charge in [-0.25, -0.2) is 0 Å². The van der Waals surface area contributed by atoms with E-state index in [-0.39, 0.29) is 12.3 Å². The molecule has 0 fully saturated rings.